The van der Waals surface area contributed by atoms with Crippen LogP contribution in [0.4, 0.5) is 0 Å². The maximum absolute atomic E-state index is 10.9. The number of H-pyrrole nitrogens is 1. The van der Waals surface area contributed by atoms with E-state index < -0.39 is 0 Å². The van der Waals surface area contributed by atoms with Gasteiger partial charge in [0.15, 0.2) is 0 Å². The largest absolute Gasteiger partial charge is 0.323 e. The number of rotatable bonds is 1. The zero-order valence-corrected chi connectivity index (χ0v) is 8.59. The zero-order chi connectivity index (χ0) is 10.4. The Balaban J connectivity index is 0.000000671. The van der Waals surface area contributed by atoms with Gasteiger partial charge in [0.25, 0.3) is 5.56 Å². The third kappa shape index (κ3) is 3.85. The number of hydrogen-bond acceptors (Lipinski definition) is 3. The van der Waals surface area contributed by atoms with E-state index in [0.29, 0.717) is 11.5 Å². The third-order valence-electron chi connectivity index (χ3n) is 1.35. The van der Waals surface area contributed by atoms with Crippen molar-refractivity contribution in [3.05, 3.63) is 27.9 Å². The fourth-order valence-electron chi connectivity index (χ4n) is 0.836. The normalized spacial score (nSPS) is 11.5. The van der Waals surface area contributed by atoms with Crippen LogP contribution in [0.3, 0.4) is 0 Å². The van der Waals surface area contributed by atoms with Crippen molar-refractivity contribution >= 4 is 0 Å². The van der Waals surface area contributed by atoms with E-state index in [9.17, 15) is 4.79 Å². The number of aromatic amines is 1. The van der Waals surface area contributed by atoms with Gasteiger partial charge < -0.3 is 10.7 Å². The van der Waals surface area contributed by atoms with Crippen LogP contribution in [0.1, 0.15) is 38.3 Å². The van der Waals surface area contributed by atoms with Gasteiger partial charge in [-0.3, -0.25) is 4.79 Å². The molecule has 3 N–H and O–H groups in total. The quantitative estimate of drug-likeness (QED) is 0.685. The van der Waals surface area contributed by atoms with E-state index in [1.165, 1.54) is 6.07 Å². The van der Waals surface area contributed by atoms with Crippen LogP contribution in [0.25, 0.3) is 0 Å². The van der Waals surface area contributed by atoms with E-state index in [0.717, 1.165) is 0 Å². The summed E-state index contributed by atoms with van der Waals surface area (Å²) in [7, 11) is 0. The van der Waals surface area contributed by atoms with Crippen molar-refractivity contribution < 1.29 is 0 Å². The van der Waals surface area contributed by atoms with Gasteiger partial charge in [0.1, 0.15) is 5.82 Å². The standard InChI is InChI=1S/C7H11N3O.C2H6/c1-4(8)6-3-7(11)10-5(2)9-6;1-2/h3-4H,8H2,1-2H3,(H,9,10,11);1-2H3. The molecule has 0 saturated heterocycles. The smallest absolute Gasteiger partial charge is 0.251 e. The minimum atomic E-state index is -0.184. The molecule has 0 radical (unpaired) electrons. The molecule has 13 heavy (non-hydrogen) atoms. The van der Waals surface area contributed by atoms with E-state index >= 15 is 0 Å². The molecule has 0 saturated carbocycles. The Morgan fingerprint density at radius 2 is 2.08 bits per heavy atom. The number of nitrogens with one attached hydrogen (secondary N) is 1. The summed E-state index contributed by atoms with van der Waals surface area (Å²) in [6.07, 6.45) is 0. The summed E-state index contributed by atoms with van der Waals surface area (Å²) in [5.74, 6) is 0.602. The average Bonchev–Trinajstić information content (AvgIpc) is 2.06. The topological polar surface area (TPSA) is 71.8 Å². The van der Waals surface area contributed by atoms with E-state index in [2.05, 4.69) is 9.97 Å². The molecule has 1 heterocycles. The summed E-state index contributed by atoms with van der Waals surface area (Å²) in [4.78, 5) is 17.5. The monoisotopic (exact) mass is 183 g/mol. The van der Waals surface area contributed by atoms with Crippen molar-refractivity contribution in [2.75, 3.05) is 0 Å². The second kappa shape index (κ2) is 5.48. The molecule has 74 valence electrons. The van der Waals surface area contributed by atoms with Crippen LogP contribution in [0.5, 0.6) is 0 Å². The van der Waals surface area contributed by atoms with Crippen LogP contribution >= 0.6 is 0 Å². The van der Waals surface area contributed by atoms with Crippen LogP contribution in [-0.4, -0.2) is 9.97 Å². The fraction of sp³-hybridized carbons (Fsp3) is 0.556. The van der Waals surface area contributed by atoms with Gasteiger partial charge in [-0.2, -0.15) is 0 Å². The van der Waals surface area contributed by atoms with Gasteiger partial charge in [-0.15, -0.1) is 0 Å². The SMILES string of the molecule is CC.Cc1nc(C(C)N)cc(=O)[nH]1. The van der Waals surface area contributed by atoms with Crippen molar-refractivity contribution in [1.82, 2.24) is 9.97 Å². The minimum absolute atomic E-state index is 0.148. The highest BCUT2D eigenvalue weighted by molar-refractivity contribution is 5.05. The van der Waals surface area contributed by atoms with E-state index in [1.54, 1.807) is 13.8 Å². The second-order valence-corrected chi connectivity index (χ2v) is 2.54. The molecule has 0 aliphatic heterocycles. The molecular weight excluding hydrogens is 166 g/mol. The first-order chi connectivity index (χ1) is 6.09. The summed E-state index contributed by atoms with van der Waals surface area (Å²) in [5, 5.41) is 0. The van der Waals surface area contributed by atoms with Crippen molar-refractivity contribution in [2.24, 2.45) is 5.73 Å². The number of hydrogen-bond donors (Lipinski definition) is 2. The number of nitrogens with two attached hydrogens (primary N) is 1. The lowest BCUT2D eigenvalue weighted by atomic mass is 10.2. The first kappa shape index (κ1) is 11.8. The maximum Gasteiger partial charge on any atom is 0.251 e. The summed E-state index contributed by atoms with van der Waals surface area (Å²) in [5.41, 5.74) is 6.02. The zero-order valence-electron chi connectivity index (χ0n) is 8.59. The molecule has 0 fully saturated rings. The Labute approximate surface area is 78.2 Å². The molecule has 0 spiro atoms. The van der Waals surface area contributed by atoms with Gasteiger partial charge >= 0.3 is 0 Å². The molecule has 1 atom stereocenters. The maximum atomic E-state index is 10.9. The Bertz CT molecular complexity index is 304. The van der Waals surface area contributed by atoms with Crippen LogP contribution < -0.4 is 11.3 Å². The van der Waals surface area contributed by atoms with E-state index in [-0.39, 0.29) is 11.6 Å². The fourth-order valence-corrected chi connectivity index (χ4v) is 0.836. The number of nitrogens with zero attached hydrogens (tertiary/aromatic N) is 1. The summed E-state index contributed by atoms with van der Waals surface area (Å²) in [6, 6.07) is 1.23. The first-order valence-corrected chi connectivity index (χ1v) is 4.43. The van der Waals surface area contributed by atoms with Gasteiger partial charge in [0, 0.05) is 12.1 Å². The molecule has 0 aliphatic rings. The van der Waals surface area contributed by atoms with Gasteiger partial charge in [-0.05, 0) is 13.8 Å². The average molecular weight is 183 g/mol. The van der Waals surface area contributed by atoms with Crippen LogP contribution in [0, 0.1) is 6.92 Å². The predicted molar refractivity (Wildman–Crippen MR) is 53.5 cm³/mol. The Hall–Kier alpha value is -1.16. The van der Waals surface area contributed by atoms with Gasteiger partial charge in [0.2, 0.25) is 0 Å². The summed E-state index contributed by atoms with van der Waals surface area (Å²) >= 11 is 0. The molecule has 0 amide bonds. The lowest BCUT2D eigenvalue weighted by Gasteiger charge is -2.03. The molecule has 0 bridgehead atoms. The molecule has 0 aliphatic carbocycles. The van der Waals surface area contributed by atoms with E-state index in [4.69, 9.17) is 5.73 Å². The van der Waals surface area contributed by atoms with Crippen LogP contribution in [0.2, 0.25) is 0 Å². The lowest BCUT2D eigenvalue weighted by molar-refractivity contribution is 0.760. The minimum Gasteiger partial charge on any atom is -0.323 e. The highest BCUT2D eigenvalue weighted by atomic mass is 16.1. The van der Waals surface area contributed by atoms with Gasteiger partial charge in [0.05, 0.1) is 5.69 Å². The predicted octanol–water partition coefficient (Wildman–Crippen LogP) is 1.12. The van der Waals surface area contributed by atoms with Crippen molar-refractivity contribution in [1.29, 1.82) is 0 Å². The Morgan fingerprint density at radius 3 is 2.46 bits per heavy atom. The summed E-state index contributed by atoms with van der Waals surface area (Å²) < 4.78 is 0. The van der Waals surface area contributed by atoms with Crippen molar-refractivity contribution in [3.8, 4) is 0 Å². The first-order valence-electron chi connectivity index (χ1n) is 4.43. The molecule has 0 aromatic carbocycles. The van der Waals surface area contributed by atoms with Crippen molar-refractivity contribution in [2.45, 2.75) is 33.7 Å². The highest BCUT2D eigenvalue weighted by Gasteiger charge is 2.01. The third-order valence-corrected chi connectivity index (χ3v) is 1.35. The van der Waals surface area contributed by atoms with Crippen LogP contribution in [-0.2, 0) is 0 Å². The highest BCUT2D eigenvalue weighted by Crippen LogP contribution is 2.01. The molecule has 4 nitrogen and oxygen atoms in total. The molecule has 1 aromatic heterocycles. The number of aromatic nitrogens is 2. The molecule has 1 rings (SSSR count). The second-order valence-electron chi connectivity index (χ2n) is 2.54. The van der Waals surface area contributed by atoms with Gasteiger partial charge in [-0.25, -0.2) is 4.98 Å². The van der Waals surface area contributed by atoms with E-state index in [1.807, 2.05) is 13.8 Å². The van der Waals surface area contributed by atoms with Crippen molar-refractivity contribution in [3.63, 3.8) is 0 Å². The summed E-state index contributed by atoms with van der Waals surface area (Å²) in [6.45, 7) is 7.52. The Kier molecular flexibility index (Phi) is 4.99. The Morgan fingerprint density at radius 1 is 1.54 bits per heavy atom. The molecular formula is C9H17N3O. The van der Waals surface area contributed by atoms with Gasteiger partial charge in [-0.1, -0.05) is 13.8 Å². The molecule has 4 heteroatoms. The molecule has 1 aromatic rings. The molecule has 1 unspecified atom stereocenters. The lowest BCUT2D eigenvalue weighted by Crippen LogP contribution is -2.15. The van der Waals surface area contributed by atoms with Crippen LogP contribution in [0.15, 0.2) is 10.9 Å². The number of aryl methyl sites for hydroxylation is 1.